The van der Waals surface area contributed by atoms with E-state index in [0.29, 0.717) is 39.7 Å². The first-order chi connectivity index (χ1) is 13.3. The molecule has 3 aromatic rings. The van der Waals surface area contributed by atoms with Gasteiger partial charge in [0, 0.05) is 18.5 Å². The number of halogens is 1. The molecule has 0 aliphatic rings. The van der Waals surface area contributed by atoms with Crippen LogP contribution in [0.4, 0.5) is 11.8 Å². The Balaban J connectivity index is 2.01. The average molecular weight is 398 g/mol. The lowest BCUT2D eigenvalue weighted by molar-refractivity contribution is 0.518. The van der Waals surface area contributed by atoms with Crippen molar-refractivity contribution in [2.45, 2.75) is 32.7 Å². The summed E-state index contributed by atoms with van der Waals surface area (Å²) in [5, 5.41) is 13.1. The van der Waals surface area contributed by atoms with E-state index in [1.54, 1.807) is 22.8 Å². The molecule has 0 fully saturated rings. The number of anilines is 2. The van der Waals surface area contributed by atoms with Crippen molar-refractivity contribution in [3.8, 4) is 6.07 Å². The fourth-order valence-electron chi connectivity index (χ4n) is 3.02. The van der Waals surface area contributed by atoms with Gasteiger partial charge in [0.1, 0.15) is 23.3 Å². The third kappa shape index (κ3) is 3.62. The SMILES string of the molecule is CC(CNc1nc(N)ncc1C#N)c1nc2cccc(Cl)c2c(=O)n1C(C)C. The van der Waals surface area contributed by atoms with Crippen molar-refractivity contribution < 1.29 is 0 Å². The van der Waals surface area contributed by atoms with E-state index in [1.165, 1.54) is 6.20 Å². The molecule has 2 heterocycles. The summed E-state index contributed by atoms with van der Waals surface area (Å²) in [6.07, 6.45) is 1.37. The van der Waals surface area contributed by atoms with Gasteiger partial charge in [0.25, 0.3) is 5.56 Å². The number of nitrogen functional groups attached to an aromatic ring is 1. The monoisotopic (exact) mass is 397 g/mol. The van der Waals surface area contributed by atoms with Crippen LogP contribution in [0.2, 0.25) is 5.02 Å². The van der Waals surface area contributed by atoms with E-state index < -0.39 is 0 Å². The summed E-state index contributed by atoms with van der Waals surface area (Å²) >= 11 is 6.24. The molecule has 0 saturated heterocycles. The molecule has 0 amide bonds. The number of hydrogen-bond acceptors (Lipinski definition) is 7. The molecule has 0 saturated carbocycles. The van der Waals surface area contributed by atoms with Gasteiger partial charge >= 0.3 is 0 Å². The standard InChI is InChI=1S/C19H20ClN7O/c1-10(2)27-17(25-14-6-4-5-13(20)15(14)18(27)28)11(3)8-23-16-12(7-21)9-24-19(22)26-16/h4-6,9-11H,8H2,1-3H3,(H3,22,23,24,26). The molecular weight excluding hydrogens is 378 g/mol. The second-order valence-corrected chi connectivity index (χ2v) is 7.16. The van der Waals surface area contributed by atoms with E-state index in [9.17, 15) is 10.1 Å². The van der Waals surface area contributed by atoms with Crippen LogP contribution >= 0.6 is 11.6 Å². The van der Waals surface area contributed by atoms with Crippen molar-refractivity contribution >= 4 is 34.3 Å². The third-order valence-corrected chi connectivity index (χ3v) is 4.68. The molecule has 8 nitrogen and oxygen atoms in total. The van der Waals surface area contributed by atoms with Crippen LogP contribution in [0.3, 0.4) is 0 Å². The first-order valence-corrected chi connectivity index (χ1v) is 9.18. The molecule has 3 N–H and O–H groups in total. The first kappa shape index (κ1) is 19.6. The number of nitrogens with one attached hydrogen (secondary N) is 1. The molecule has 0 bridgehead atoms. The lowest BCUT2D eigenvalue weighted by Crippen LogP contribution is -2.30. The lowest BCUT2D eigenvalue weighted by atomic mass is 10.1. The second kappa shape index (κ2) is 7.82. The first-order valence-electron chi connectivity index (χ1n) is 8.80. The Kier molecular flexibility index (Phi) is 5.47. The predicted octanol–water partition coefficient (Wildman–Crippen LogP) is 3.09. The van der Waals surface area contributed by atoms with Gasteiger partial charge in [-0.25, -0.2) is 9.97 Å². The van der Waals surface area contributed by atoms with Crippen molar-refractivity contribution in [2.24, 2.45) is 0 Å². The smallest absolute Gasteiger partial charge is 0.263 e. The molecule has 144 valence electrons. The minimum Gasteiger partial charge on any atom is -0.368 e. The predicted molar refractivity (Wildman–Crippen MR) is 109 cm³/mol. The van der Waals surface area contributed by atoms with Gasteiger partial charge in [0.15, 0.2) is 0 Å². The van der Waals surface area contributed by atoms with Gasteiger partial charge in [0.05, 0.1) is 22.1 Å². The van der Waals surface area contributed by atoms with E-state index in [4.69, 9.17) is 22.3 Å². The zero-order valence-electron chi connectivity index (χ0n) is 15.8. The quantitative estimate of drug-likeness (QED) is 0.678. The Morgan fingerprint density at radius 2 is 2.07 bits per heavy atom. The second-order valence-electron chi connectivity index (χ2n) is 6.76. The zero-order chi connectivity index (χ0) is 20.4. The largest absolute Gasteiger partial charge is 0.368 e. The van der Waals surface area contributed by atoms with Crippen LogP contribution in [-0.2, 0) is 0 Å². The fraction of sp³-hybridized carbons (Fsp3) is 0.316. The number of rotatable bonds is 5. The molecule has 0 spiro atoms. The van der Waals surface area contributed by atoms with E-state index in [0.717, 1.165) is 0 Å². The van der Waals surface area contributed by atoms with E-state index >= 15 is 0 Å². The van der Waals surface area contributed by atoms with Crippen molar-refractivity contribution in [3.05, 3.63) is 51.2 Å². The van der Waals surface area contributed by atoms with Crippen molar-refractivity contribution in [1.82, 2.24) is 19.5 Å². The summed E-state index contributed by atoms with van der Waals surface area (Å²) in [5.74, 6) is 0.903. The number of fused-ring (bicyclic) bond motifs is 1. The highest BCUT2D eigenvalue weighted by molar-refractivity contribution is 6.35. The molecule has 1 unspecified atom stereocenters. The van der Waals surface area contributed by atoms with Gasteiger partial charge in [-0.1, -0.05) is 24.6 Å². The normalized spacial score (nSPS) is 12.1. The Morgan fingerprint density at radius 3 is 2.75 bits per heavy atom. The van der Waals surface area contributed by atoms with Crippen LogP contribution in [0.15, 0.2) is 29.2 Å². The summed E-state index contributed by atoms with van der Waals surface area (Å²) in [6, 6.07) is 7.16. The Labute approximate surface area is 167 Å². The highest BCUT2D eigenvalue weighted by Crippen LogP contribution is 2.24. The van der Waals surface area contributed by atoms with Gasteiger partial charge in [-0.3, -0.25) is 9.36 Å². The highest BCUT2D eigenvalue weighted by atomic mass is 35.5. The summed E-state index contributed by atoms with van der Waals surface area (Å²) < 4.78 is 1.65. The van der Waals surface area contributed by atoms with Crippen molar-refractivity contribution in [3.63, 3.8) is 0 Å². The van der Waals surface area contributed by atoms with Gasteiger partial charge < -0.3 is 11.1 Å². The van der Waals surface area contributed by atoms with Crippen molar-refractivity contribution in [1.29, 1.82) is 5.26 Å². The van der Waals surface area contributed by atoms with E-state index in [-0.39, 0.29) is 23.5 Å². The van der Waals surface area contributed by atoms with E-state index in [1.807, 2.05) is 26.8 Å². The summed E-state index contributed by atoms with van der Waals surface area (Å²) in [5.41, 5.74) is 6.30. The number of aromatic nitrogens is 4. The van der Waals surface area contributed by atoms with Gasteiger partial charge in [-0.05, 0) is 26.0 Å². The molecule has 28 heavy (non-hydrogen) atoms. The van der Waals surface area contributed by atoms with Crippen molar-refractivity contribution in [2.75, 3.05) is 17.6 Å². The van der Waals surface area contributed by atoms with Gasteiger partial charge in [-0.15, -0.1) is 0 Å². The number of nitriles is 1. The van der Waals surface area contributed by atoms with Crippen LogP contribution in [0.25, 0.3) is 10.9 Å². The Hall–Kier alpha value is -3.18. The summed E-state index contributed by atoms with van der Waals surface area (Å²) in [6.45, 7) is 6.19. The summed E-state index contributed by atoms with van der Waals surface area (Å²) in [4.78, 5) is 25.7. The third-order valence-electron chi connectivity index (χ3n) is 4.37. The number of nitrogens with two attached hydrogens (primary N) is 1. The fourth-order valence-corrected chi connectivity index (χ4v) is 3.27. The van der Waals surface area contributed by atoms with E-state index in [2.05, 4.69) is 15.3 Å². The molecule has 9 heteroatoms. The van der Waals surface area contributed by atoms with Crippen LogP contribution in [0.5, 0.6) is 0 Å². The molecule has 3 rings (SSSR count). The molecule has 0 radical (unpaired) electrons. The van der Waals surface area contributed by atoms with Crippen LogP contribution in [0, 0.1) is 11.3 Å². The molecule has 1 aromatic carbocycles. The van der Waals surface area contributed by atoms with Gasteiger partial charge in [-0.2, -0.15) is 10.2 Å². The maximum Gasteiger partial charge on any atom is 0.263 e. The molecule has 1 atom stereocenters. The van der Waals surface area contributed by atoms with Crippen LogP contribution < -0.4 is 16.6 Å². The van der Waals surface area contributed by atoms with Crippen LogP contribution in [0.1, 0.15) is 44.1 Å². The minimum absolute atomic E-state index is 0.0757. The molecular formula is C19H20ClN7O. The maximum absolute atomic E-state index is 13.1. The topological polar surface area (TPSA) is 123 Å². The lowest BCUT2D eigenvalue weighted by Gasteiger charge is -2.21. The number of benzene rings is 1. The number of hydrogen-bond donors (Lipinski definition) is 2. The average Bonchev–Trinajstić information content (AvgIpc) is 2.65. The zero-order valence-corrected chi connectivity index (χ0v) is 16.5. The highest BCUT2D eigenvalue weighted by Gasteiger charge is 2.20. The molecule has 2 aromatic heterocycles. The number of nitrogens with zero attached hydrogens (tertiary/aromatic N) is 5. The minimum atomic E-state index is -0.170. The Morgan fingerprint density at radius 1 is 1.32 bits per heavy atom. The van der Waals surface area contributed by atoms with Crippen LogP contribution in [-0.4, -0.2) is 26.1 Å². The Bertz CT molecular complexity index is 1130. The van der Waals surface area contributed by atoms with Gasteiger partial charge in [0.2, 0.25) is 5.95 Å². The molecule has 0 aliphatic carbocycles. The molecule has 0 aliphatic heterocycles. The maximum atomic E-state index is 13.1. The summed E-state index contributed by atoms with van der Waals surface area (Å²) in [7, 11) is 0.